The third-order valence-electron chi connectivity index (χ3n) is 2.10. The van der Waals surface area contributed by atoms with Crippen LogP contribution in [0.5, 0.6) is 0 Å². The zero-order valence-corrected chi connectivity index (χ0v) is 11.5. The number of rotatable bonds is 4. The summed E-state index contributed by atoms with van der Waals surface area (Å²) in [7, 11) is 0. The van der Waals surface area contributed by atoms with E-state index < -0.39 is 4.92 Å². The average molecular weight is 360 g/mol. The molecular weight excluding hydrogens is 351 g/mol. The van der Waals surface area contributed by atoms with Crippen LogP contribution in [0.15, 0.2) is 18.7 Å². The van der Waals surface area contributed by atoms with Crippen molar-refractivity contribution in [3.63, 3.8) is 0 Å². The third kappa shape index (κ3) is 2.39. The van der Waals surface area contributed by atoms with Crippen LogP contribution in [-0.2, 0) is 0 Å². The zero-order valence-electron chi connectivity index (χ0n) is 9.37. The minimum absolute atomic E-state index is 0.147. The number of anilines is 1. The first-order valence-electron chi connectivity index (χ1n) is 5.07. The van der Waals surface area contributed by atoms with E-state index in [9.17, 15) is 10.1 Å². The molecule has 0 aliphatic heterocycles. The average Bonchev–Trinajstić information content (AvgIpc) is 2.75. The van der Waals surface area contributed by atoms with Crippen LogP contribution in [0, 0.1) is 13.7 Å². The molecule has 0 spiro atoms. The summed E-state index contributed by atoms with van der Waals surface area (Å²) in [5, 5.41) is 18.0. The highest BCUT2D eigenvalue weighted by Gasteiger charge is 2.24. The molecule has 0 radical (unpaired) electrons. The van der Waals surface area contributed by atoms with Gasteiger partial charge in [0.2, 0.25) is 11.6 Å². The molecule has 0 amide bonds. The number of nitrogens with zero attached hydrogens (tertiary/aromatic N) is 5. The lowest BCUT2D eigenvalue weighted by atomic mass is 10.4. The first-order chi connectivity index (χ1) is 8.63. The molecule has 94 valence electrons. The van der Waals surface area contributed by atoms with Crippen LogP contribution in [0.3, 0.4) is 0 Å². The van der Waals surface area contributed by atoms with E-state index in [1.807, 2.05) is 6.92 Å². The number of nitro groups is 1. The lowest BCUT2D eigenvalue weighted by Crippen LogP contribution is -2.09. The van der Waals surface area contributed by atoms with E-state index in [-0.39, 0.29) is 17.3 Å². The number of halogens is 1. The Balaban J connectivity index is 2.59. The molecule has 9 heteroatoms. The maximum Gasteiger partial charge on any atom is 0.355 e. The van der Waals surface area contributed by atoms with Crippen molar-refractivity contribution in [1.82, 2.24) is 19.7 Å². The Hall–Kier alpha value is -1.78. The minimum atomic E-state index is -0.512. The van der Waals surface area contributed by atoms with Crippen molar-refractivity contribution in [2.45, 2.75) is 6.92 Å². The molecule has 2 aromatic rings. The molecule has 2 aromatic heterocycles. The molecule has 18 heavy (non-hydrogen) atoms. The summed E-state index contributed by atoms with van der Waals surface area (Å²) < 4.78 is 2.23. The molecule has 2 rings (SSSR count). The smallest absolute Gasteiger partial charge is 0.355 e. The van der Waals surface area contributed by atoms with Gasteiger partial charge in [-0.25, -0.2) is 14.6 Å². The van der Waals surface area contributed by atoms with Crippen molar-refractivity contribution in [2.75, 3.05) is 11.9 Å². The lowest BCUT2D eigenvalue weighted by molar-refractivity contribution is -0.384. The molecule has 0 saturated heterocycles. The molecule has 0 aromatic carbocycles. The Bertz CT molecular complexity index is 584. The monoisotopic (exact) mass is 360 g/mol. The molecule has 0 unspecified atom stereocenters. The van der Waals surface area contributed by atoms with Crippen LogP contribution in [0.2, 0.25) is 0 Å². The largest absolute Gasteiger partial charge is 0.364 e. The maximum atomic E-state index is 11.1. The highest BCUT2D eigenvalue weighted by Crippen LogP contribution is 2.27. The normalized spacial score (nSPS) is 10.3. The van der Waals surface area contributed by atoms with Crippen molar-refractivity contribution in [3.05, 3.63) is 32.4 Å². The highest BCUT2D eigenvalue weighted by molar-refractivity contribution is 14.1. The molecule has 8 nitrogen and oxygen atoms in total. The Morgan fingerprint density at radius 1 is 1.56 bits per heavy atom. The van der Waals surface area contributed by atoms with Gasteiger partial charge in [0.05, 0.1) is 14.7 Å². The van der Waals surface area contributed by atoms with Crippen molar-refractivity contribution in [1.29, 1.82) is 0 Å². The van der Waals surface area contributed by atoms with Gasteiger partial charge >= 0.3 is 5.69 Å². The van der Waals surface area contributed by atoms with Gasteiger partial charge in [0, 0.05) is 12.7 Å². The van der Waals surface area contributed by atoms with Crippen LogP contribution in [0.25, 0.3) is 5.82 Å². The summed E-state index contributed by atoms with van der Waals surface area (Å²) in [5.41, 5.74) is -0.182. The van der Waals surface area contributed by atoms with Crippen LogP contribution in [0.4, 0.5) is 11.5 Å². The minimum Gasteiger partial charge on any atom is -0.364 e. The van der Waals surface area contributed by atoms with Crippen LogP contribution in [0.1, 0.15) is 6.92 Å². The maximum absolute atomic E-state index is 11.1. The van der Waals surface area contributed by atoms with E-state index in [1.165, 1.54) is 11.0 Å². The molecule has 0 atom stereocenters. The SMILES string of the molecule is CCNc1ncnc(-n2cc(I)cn2)c1[N+](=O)[O-]. The fourth-order valence-electron chi connectivity index (χ4n) is 1.42. The topological polar surface area (TPSA) is 98.8 Å². The summed E-state index contributed by atoms with van der Waals surface area (Å²) in [6, 6.07) is 0. The Morgan fingerprint density at radius 3 is 2.89 bits per heavy atom. The van der Waals surface area contributed by atoms with E-state index >= 15 is 0 Å². The van der Waals surface area contributed by atoms with Crippen LogP contribution in [-0.4, -0.2) is 31.2 Å². The lowest BCUT2D eigenvalue weighted by Gasteiger charge is -2.06. The molecule has 2 heterocycles. The second-order valence-corrected chi connectivity index (χ2v) is 4.53. The fraction of sp³-hybridized carbons (Fsp3) is 0.222. The molecule has 0 fully saturated rings. The molecule has 1 N–H and O–H groups in total. The standard InChI is InChI=1S/C9H9IN6O2/c1-2-11-8-7(16(17)18)9(13-5-12-8)15-4-6(10)3-14-15/h3-5H,2H2,1H3,(H,11,12,13). The molecule has 0 bridgehead atoms. The molecule has 0 saturated carbocycles. The van der Waals surface area contributed by atoms with Crippen molar-refractivity contribution < 1.29 is 4.92 Å². The number of nitrogens with one attached hydrogen (secondary N) is 1. The second-order valence-electron chi connectivity index (χ2n) is 3.29. The van der Waals surface area contributed by atoms with Crippen molar-refractivity contribution in [3.8, 4) is 5.82 Å². The van der Waals surface area contributed by atoms with E-state index in [0.29, 0.717) is 6.54 Å². The van der Waals surface area contributed by atoms with Gasteiger partial charge in [-0.15, -0.1) is 0 Å². The Labute approximate surface area is 116 Å². The summed E-state index contributed by atoms with van der Waals surface area (Å²) in [6.07, 6.45) is 4.53. The molecule has 0 aliphatic rings. The van der Waals surface area contributed by atoms with Gasteiger partial charge in [-0.05, 0) is 29.5 Å². The molecule has 0 aliphatic carbocycles. The van der Waals surface area contributed by atoms with Gasteiger partial charge < -0.3 is 5.32 Å². The summed E-state index contributed by atoms with van der Waals surface area (Å²) in [5.74, 6) is 0.340. The predicted octanol–water partition coefficient (Wildman–Crippen LogP) is 1.61. The number of hydrogen-bond donors (Lipinski definition) is 1. The van der Waals surface area contributed by atoms with E-state index in [4.69, 9.17) is 0 Å². The zero-order chi connectivity index (χ0) is 13.1. The Morgan fingerprint density at radius 2 is 2.33 bits per heavy atom. The van der Waals surface area contributed by atoms with E-state index in [2.05, 4.69) is 43.0 Å². The highest BCUT2D eigenvalue weighted by atomic mass is 127. The molecular formula is C9H9IN6O2. The third-order valence-corrected chi connectivity index (χ3v) is 2.65. The van der Waals surface area contributed by atoms with Gasteiger partial charge in [-0.2, -0.15) is 5.10 Å². The van der Waals surface area contributed by atoms with Gasteiger partial charge in [0.15, 0.2) is 0 Å². The first kappa shape index (κ1) is 12.7. The van der Waals surface area contributed by atoms with Crippen molar-refractivity contribution in [2.24, 2.45) is 0 Å². The van der Waals surface area contributed by atoms with Crippen LogP contribution >= 0.6 is 22.6 Å². The van der Waals surface area contributed by atoms with E-state index in [1.54, 1.807) is 12.4 Å². The quantitative estimate of drug-likeness (QED) is 0.505. The number of hydrogen-bond acceptors (Lipinski definition) is 6. The van der Waals surface area contributed by atoms with Crippen molar-refractivity contribution >= 4 is 34.1 Å². The van der Waals surface area contributed by atoms with Gasteiger partial charge in [0.1, 0.15) is 6.33 Å². The van der Waals surface area contributed by atoms with Gasteiger partial charge in [-0.3, -0.25) is 10.1 Å². The second kappa shape index (κ2) is 5.25. The van der Waals surface area contributed by atoms with Gasteiger partial charge in [0.25, 0.3) is 0 Å². The first-order valence-corrected chi connectivity index (χ1v) is 6.15. The summed E-state index contributed by atoms with van der Waals surface area (Å²) in [6.45, 7) is 2.37. The van der Waals surface area contributed by atoms with E-state index in [0.717, 1.165) is 3.57 Å². The predicted molar refractivity (Wildman–Crippen MR) is 72.7 cm³/mol. The number of aromatic nitrogens is 4. The summed E-state index contributed by atoms with van der Waals surface area (Å²) in [4.78, 5) is 18.4. The Kier molecular flexibility index (Phi) is 3.69. The van der Waals surface area contributed by atoms with Gasteiger partial charge in [-0.1, -0.05) is 0 Å². The van der Waals surface area contributed by atoms with Crippen LogP contribution < -0.4 is 5.32 Å². The summed E-state index contributed by atoms with van der Waals surface area (Å²) >= 11 is 2.07. The fourth-order valence-corrected chi connectivity index (χ4v) is 1.81.